The van der Waals surface area contributed by atoms with Crippen molar-refractivity contribution < 1.29 is 13.2 Å². The van der Waals surface area contributed by atoms with Crippen molar-refractivity contribution in [3.05, 3.63) is 29.8 Å². The summed E-state index contributed by atoms with van der Waals surface area (Å²) in [4.78, 5) is 15.7. The number of hydrogen-bond donors (Lipinski definition) is 0. The molecule has 25 heavy (non-hydrogen) atoms. The summed E-state index contributed by atoms with van der Waals surface area (Å²) in [5.74, 6) is 0.812. The lowest BCUT2D eigenvalue weighted by Gasteiger charge is -2.28. The molecule has 2 fully saturated rings. The molecule has 1 aromatic rings. The van der Waals surface area contributed by atoms with E-state index in [0.29, 0.717) is 12.2 Å². The van der Waals surface area contributed by atoms with E-state index in [1.165, 1.54) is 17.3 Å². The molecule has 4 nitrogen and oxygen atoms in total. The van der Waals surface area contributed by atoms with Gasteiger partial charge in [-0.15, -0.1) is 11.8 Å². The van der Waals surface area contributed by atoms with Gasteiger partial charge < -0.3 is 4.90 Å². The van der Waals surface area contributed by atoms with Crippen LogP contribution in [0, 0.1) is 0 Å². The minimum atomic E-state index is -2.97. The maximum atomic E-state index is 12.7. The number of carbonyl (C=O) groups excluding carboxylic acids is 1. The van der Waals surface area contributed by atoms with Crippen molar-refractivity contribution in [3.8, 4) is 0 Å². The summed E-state index contributed by atoms with van der Waals surface area (Å²) in [5, 5.41) is 0. The number of sulfone groups is 1. The van der Waals surface area contributed by atoms with E-state index >= 15 is 0 Å². The second kappa shape index (κ2) is 6.95. The zero-order chi connectivity index (χ0) is 18.2. The van der Waals surface area contributed by atoms with Crippen LogP contribution in [0.1, 0.15) is 45.6 Å². The molecular formula is C19H27NO3S2. The number of carbonyl (C=O) groups is 1. The van der Waals surface area contributed by atoms with Crippen molar-refractivity contribution >= 4 is 27.5 Å². The Kier molecular flexibility index (Phi) is 5.22. The van der Waals surface area contributed by atoms with E-state index in [1.54, 1.807) is 0 Å². The highest BCUT2D eigenvalue weighted by Gasteiger charge is 2.41. The molecule has 0 bridgehead atoms. The van der Waals surface area contributed by atoms with Crippen LogP contribution in [0.2, 0.25) is 0 Å². The Morgan fingerprint density at radius 3 is 2.24 bits per heavy atom. The topological polar surface area (TPSA) is 54.5 Å². The van der Waals surface area contributed by atoms with Crippen molar-refractivity contribution in [1.82, 2.24) is 4.90 Å². The highest BCUT2D eigenvalue weighted by Crippen LogP contribution is 2.33. The molecule has 0 radical (unpaired) electrons. The maximum absolute atomic E-state index is 12.7. The molecule has 1 unspecified atom stereocenters. The van der Waals surface area contributed by atoms with Crippen molar-refractivity contribution in [2.24, 2.45) is 0 Å². The Morgan fingerprint density at radius 1 is 1.12 bits per heavy atom. The maximum Gasteiger partial charge on any atom is 0.233 e. The lowest BCUT2D eigenvalue weighted by Crippen LogP contribution is -2.43. The van der Waals surface area contributed by atoms with Gasteiger partial charge >= 0.3 is 0 Å². The highest BCUT2D eigenvalue weighted by molar-refractivity contribution is 8.00. The van der Waals surface area contributed by atoms with E-state index < -0.39 is 9.84 Å². The quantitative estimate of drug-likeness (QED) is 0.735. The Labute approximate surface area is 155 Å². The van der Waals surface area contributed by atoms with Gasteiger partial charge in [-0.2, -0.15) is 0 Å². The summed E-state index contributed by atoms with van der Waals surface area (Å²) < 4.78 is 23.5. The standard InChI is InChI=1S/C19H27NO3S2/c1-19(2,3)14-4-8-17(9-5-14)24-12-18(21)20(15-6-7-15)16-10-11-25(22,23)13-16/h4-5,8-9,15-16H,6-7,10-13H2,1-3H3. The average molecular weight is 382 g/mol. The van der Waals surface area contributed by atoms with Crippen LogP contribution < -0.4 is 0 Å². The molecule has 1 saturated carbocycles. The van der Waals surface area contributed by atoms with E-state index in [2.05, 4.69) is 45.0 Å². The summed E-state index contributed by atoms with van der Waals surface area (Å²) in [6, 6.07) is 8.52. The Balaban J connectivity index is 1.61. The molecule has 1 atom stereocenters. The van der Waals surface area contributed by atoms with Gasteiger partial charge in [0.15, 0.2) is 9.84 Å². The van der Waals surface area contributed by atoms with Gasteiger partial charge in [0, 0.05) is 17.0 Å². The molecule has 0 spiro atoms. The van der Waals surface area contributed by atoms with Gasteiger partial charge in [0.25, 0.3) is 0 Å². The molecular weight excluding hydrogens is 354 g/mol. The summed E-state index contributed by atoms with van der Waals surface area (Å²) >= 11 is 1.54. The van der Waals surface area contributed by atoms with Crippen LogP contribution >= 0.6 is 11.8 Å². The van der Waals surface area contributed by atoms with Crippen LogP contribution in [-0.4, -0.2) is 48.6 Å². The van der Waals surface area contributed by atoms with E-state index in [-0.39, 0.29) is 34.9 Å². The van der Waals surface area contributed by atoms with Gasteiger partial charge in [-0.05, 0) is 42.4 Å². The molecule has 0 N–H and O–H groups in total. The Hall–Kier alpha value is -1.01. The van der Waals surface area contributed by atoms with Gasteiger partial charge in [0.05, 0.1) is 17.3 Å². The van der Waals surface area contributed by atoms with Crippen LogP contribution in [0.4, 0.5) is 0 Å². The molecule has 1 amide bonds. The van der Waals surface area contributed by atoms with E-state index in [1.807, 2.05) is 4.90 Å². The van der Waals surface area contributed by atoms with Crippen molar-refractivity contribution in [2.45, 2.75) is 62.4 Å². The van der Waals surface area contributed by atoms with E-state index in [0.717, 1.165) is 17.7 Å². The normalized spacial score (nSPS) is 22.8. The minimum Gasteiger partial charge on any atom is -0.335 e. The lowest BCUT2D eigenvalue weighted by atomic mass is 9.87. The first-order valence-electron chi connectivity index (χ1n) is 8.91. The summed E-state index contributed by atoms with van der Waals surface area (Å²) in [7, 11) is -2.97. The van der Waals surface area contributed by atoms with Crippen molar-refractivity contribution in [3.63, 3.8) is 0 Å². The number of thioether (sulfide) groups is 1. The number of rotatable bonds is 5. The third kappa shape index (κ3) is 4.79. The molecule has 2 aliphatic rings. The minimum absolute atomic E-state index is 0.0782. The van der Waals surface area contributed by atoms with Crippen LogP contribution in [0.5, 0.6) is 0 Å². The monoisotopic (exact) mass is 381 g/mol. The predicted molar refractivity (Wildman–Crippen MR) is 103 cm³/mol. The third-order valence-electron chi connectivity index (χ3n) is 4.91. The molecule has 6 heteroatoms. The Bertz CT molecular complexity index is 731. The fourth-order valence-electron chi connectivity index (χ4n) is 3.32. The van der Waals surface area contributed by atoms with Crippen molar-refractivity contribution in [1.29, 1.82) is 0 Å². The largest absolute Gasteiger partial charge is 0.335 e. The van der Waals surface area contributed by atoms with Gasteiger partial charge in [-0.1, -0.05) is 32.9 Å². The molecule has 3 rings (SSSR count). The second-order valence-corrected chi connectivity index (χ2v) is 11.4. The van der Waals surface area contributed by atoms with Gasteiger partial charge in [-0.25, -0.2) is 8.42 Å². The molecule has 1 aliphatic carbocycles. The van der Waals surface area contributed by atoms with Crippen LogP contribution in [0.3, 0.4) is 0 Å². The molecule has 1 aliphatic heterocycles. The van der Waals surface area contributed by atoms with E-state index in [4.69, 9.17) is 0 Å². The molecule has 1 aromatic carbocycles. The molecule has 1 saturated heterocycles. The third-order valence-corrected chi connectivity index (χ3v) is 7.66. The summed E-state index contributed by atoms with van der Waals surface area (Å²) in [5.41, 5.74) is 1.40. The van der Waals surface area contributed by atoms with Crippen LogP contribution in [0.15, 0.2) is 29.2 Å². The summed E-state index contributed by atoms with van der Waals surface area (Å²) in [6.07, 6.45) is 2.61. The first-order valence-corrected chi connectivity index (χ1v) is 11.7. The van der Waals surface area contributed by atoms with Crippen LogP contribution in [0.25, 0.3) is 0 Å². The second-order valence-electron chi connectivity index (χ2n) is 8.15. The average Bonchev–Trinajstić information content (AvgIpc) is 3.28. The molecule has 1 heterocycles. The summed E-state index contributed by atoms with van der Waals surface area (Å²) in [6.45, 7) is 6.55. The fraction of sp³-hybridized carbons (Fsp3) is 0.632. The number of nitrogens with zero attached hydrogens (tertiary/aromatic N) is 1. The number of hydrogen-bond acceptors (Lipinski definition) is 4. The smallest absolute Gasteiger partial charge is 0.233 e. The molecule has 0 aromatic heterocycles. The first-order chi connectivity index (χ1) is 11.7. The first kappa shape index (κ1) is 18.8. The Morgan fingerprint density at radius 2 is 1.76 bits per heavy atom. The lowest BCUT2D eigenvalue weighted by molar-refractivity contribution is -0.130. The van der Waals surface area contributed by atoms with Crippen molar-refractivity contribution in [2.75, 3.05) is 17.3 Å². The van der Waals surface area contributed by atoms with Gasteiger partial charge in [-0.3, -0.25) is 4.79 Å². The fourth-order valence-corrected chi connectivity index (χ4v) is 5.80. The highest BCUT2D eigenvalue weighted by atomic mass is 32.2. The SMILES string of the molecule is CC(C)(C)c1ccc(SCC(=O)N(C2CC2)C2CCS(=O)(=O)C2)cc1. The van der Waals surface area contributed by atoms with Crippen LogP contribution in [-0.2, 0) is 20.0 Å². The molecule has 138 valence electrons. The van der Waals surface area contributed by atoms with Gasteiger partial charge in [0.2, 0.25) is 5.91 Å². The zero-order valence-electron chi connectivity index (χ0n) is 15.2. The van der Waals surface area contributed by atoms with Gasteiger partial charge in [0.1, 0.15) is 0 Å². The number of benzene rings is 1. The number of amides is 1. The van der Waals surface area contributed by atoms with E-state index in [9.17, 15) is 13.2 Å². The predicted octanol–water partition coefficient (Wildman–Crippen LogP) is 3.25. The zero-order valence-corrected chi connectivity index (χ0v) is 16.8.